The van der Waals surface area contributed by atoms with Crippen molar-refractivity contribution in [2.24, 2.45) is 0 Å². The smallest absolute Gasteiger partial charge is 0.344 e. The van der Waals surface area contributed by atoms with E-state index in [0.29, 0.717) is 21.7 Å². The number of methoxy groups -OCH3 is 2. The second-order valence-electron chi connectivity index (χ2n) is 4.71. The molecule has 128 valence electrons. The van der Waals surface area contributed by atoms with Crippen LogP contribution in [0.1, 0.15) is 5.56 Å². The molecule has 0 atom stereocenters. The zero-order valence-corrected chi connectivity index (χ0v) is 14.8. The van der Waals surface area contributed by atoms with Crippen molar-refractivity contribution in [3.8, 4) is 17.2 Å². The first-order chi connectivity index (χ1) is 11.5. The summed E-state index contributed by atoms with van der Waals surface area (Å²) >= 11 is 3.16. The largest absolute Gasteiger partial charge is 0.493 e. The first-order valence-electron chi connectivity index (χ1n) is 6.98. The molecular weight excluding hydrogens is 383 g/mol. The highest BCUT2D eigenvalue weighted by Gasteiger charge is 2.10. The Morgan fingerprint density at radius 2 is 1.75 bits per heavy atom. The van der Waals surface area contributed by atoms with Crippen LogP contribution in [0.25, 0.3) is 0 Å². The fourth-order valence-electron chi connectivity index (χ4n) is 1.90. The summed E-state index contributed by atoms with van der Waals surface area (Å²) in [6, 6.07) is 9.16. The Balaban J connectivity index is 1.87. The Hall–Kier alpha value is -2.28. The molecule has 2 aromatic carbocycles. The highest BCUT2D eigenvalue weighted by Crippen LogP contribution is 2.28. The Morgan fingerprint density at radius 1 is 1.04 bits per heavy atom. The number of carbonyl (C=O) groups is 1. The summed E-state index contributed by atoms with van der Waals surface area (Å²) in [4.78, 5) is 11.8. The summed E-state index contributed by atoms with van der Waals surface area (Å²) in [6.07, 6.45) is 0. The molecule has 0 amide bonds. The maximum Gasteiger partial charge on any atom is 0.344 e. The van der Waals surface area contributed by atoms with Crippen LogP contribution in [0.2, 0.25) is 0 Å². The highest BCUT2D eigenvalue weighted by molar-refractivity contribution is 9.10. The maximum absolute atomic E-state index is 13.0. The van der Waals surface area contributed by atoms with E-state index in [1.165, 1.54) is 25.3 Å². The van der Waals surface area contributed by atoms with E-state index in [9.17, 15) is 9.18 Å². The van der Waals surface area contributed by atoms with Crippen molar-refractivity contribution in [1.29, 1.82) is 0 Å². The summed E-state index contributed by atoms with van der Waals surface area (Å²) < 4.78 is 34.2. The van der Waals surface area contributed by atoms with E-state index < -0.39 is 11.8 Å². The summed E-state index contributed by atoms with van der Waals surface area (Å²) in [7, 11) is 3.07. The van der Waals surface area contributed by atoms with Gasteiger partial charge in [-0.25, -0.2) is 9.18 Å². The predicted molar refractivity (Wildman–Crippen MR) is 88.9 cm³/mol. The number of rotatable bonds is 7. The highest BCUT2D eigenvalue weighted by atomic mass is 79.9. The SMILES string of the molecule is COc1ccc(COC(=O)COc2ccc(F)cc2Br)cc1OC. The molecule has 0 fully saturated rings. The lowest BCUT2D eigenvalue weighted by atomic mass is 10.2. The van der Waals surface area contributed by atoms with Gasteiger partial charge in [0.1, 0.15) is 18.2 Å². The lowest BCUT2D eigenvalue weighted by Gasteiger charge is -2.11. The van der Waals surface area contributed by atoms with Crippen LogP contribution < -0.4 is 14.2 Å². The van der Waals surface area contributed by atoms with Crippen molar-refractivity contribution in [1.82, 2.24) is 0 Å². The Morgan fingerprint density at radius 3 is 2.42 bits per heavy atom. The van der Waals surface area contributed by atoms with Crippen molar-refractivity contribution >= 4 is 21.9 Å². The quantitative estimate of drug-likeness (QED) is 0.665. The molecule has 0 saturated heterocycles. The fourth-order valence-corrected chi connectivity index (χ4v) is 2.37. The molecule has 0 bridgehead atoms. The van der Waals surface area contributed by atoms with Crippen LogP contribution in [0.5, 0.6) is 17.2 Å². The number of benzene rings is 2. The minimum atomic E-state index is -0.541. The molecule has 0 heterocycles. The third-order valence-electron chi connectivity index (χ3n) is 3.09. The van der Waals surface area contributed by atoms with Gasteiger partial charge in [0, 0.05) is 0 Å². The zero-order chi connectivity index (χ0) is 17.5. The summed E-state index contributed by atoms with van der Waals surface area (Å²) in [5.41, 5.74) is 0.754. The molecule has 2 aromatic rings. The molecule has 0 aliphatic carbocycles. The van der Waals surface area contributed by atoms with E-state index in [1.54, 1.807) is 25.3 Å². The van der Waals surface area contributed by atoms with E-state index in [1.807, 2.05) is 0 Å². The molecule has 5 nitrogen and oxygen atoms in total. The number of carbonyl (C=O) groups excluding carboxylic acids is 1. The predicted octanol–water partition coefficient (Wildman–Crippen LogP) is 3.73. The minimum absolute atomic E-state index is 0.0765. The van der Waals surface area contributed by atoms with Gasteiger partial charge >= 0.3 is 5.97 Å². The van der Waals surface area contributed by atoms with Crippen LogP contribution in [0.15, 0.2) is 40.9 Å². The van der Waals surface area contributed by atoms with Gasteiger partial charge in [0.25, 0.3) is 0 Å². The third kappa shape index (κ3) is 4.86. The fraction of sp³-hybridized carbons (Fsp3) is 0.235. The minimum Gasteiger partial charge on any atom is -0.493 e. The molecule has 0 spiro atoms. The van der Waals surface area contributed by atoms with E-state index in [-0.39, 0.29) is 13.2 Å². The molecule has 0 radical (unpaired) electrons. The normalized spacial score (nSPS) is 10.2. The van der Waals surface area contributed by atoms with Crippen molar-refractivity contribution in [3.63, 3.8) is 0 Å². The maximum atomic E-state index is 13.0. The van der Waals surface area contributed by atoms with Crippen LogP contribution in [0, 0.1) is 5.82 Å². The molecule has 2 rings (SSSR count). The van der Waals surface area contributed by atoms with E-state index in [2.05, 4.69) is 15.9 Å². The lowest BCUT2D eigenvalue weighted by Crippen LogP contribution is -2.15. The number of hydrogen-bond donors (Lipinski definition) is 0. The van der Waals surface area contributed by atoms with Gasteiger partial charge in [-0.15, -0.1) is 0 Å². The van der Waals surface area contributed by atoms with Gasteiger partial charge in [0.15, 0.2) is 18.1 Å². The van der Waals surface area contributed by atoms with Crippen LogP contribution in [0.4, 0.5) is 4.39 Å². The van der Waals surface area contributed by atoms with E-state index >= 15 is 0 Å². The van der Waals surface area contributed by atoms with Gasteiger partial charge in [-0.1, -0.05) is 6.07 Å². The van der Waals surface area contributed by atoms with Crippen LogP contribution >= 0.6 is 15.9 Å². The third-order valence-corrected chi connectivity index (χ3v) is 3.71. The molecule has 0 unspecified atom stereocenters. The van der Waals surface area contributed by atoms with Crippen molar-refractivity contribution < 1.29 is 28.1 Å². The van der Waals surface area contributed by atoms with Gasteiger partial charge in [-0.05, 0) is 51.8 Å². The number of esters is 1. The van der Waals surface area contributed by atoms with Gasteiger partial charge < -0.3 is 18.9 Å². The number of hydrogen-bond acceptors (Lipinski definition) is 5. The molecule has 24 heavy (non-hydrogen) atoms. The topological polar surface area (TPSA) is 54.0 Å². The molecule has 0 aromatic heterocycles. The average molecular weight is 399 g/mol. The molecule has 0 saturated carbocycles. The van der Waals surface area contributed by atoms with Crippen molar-refractivity contribution in [2.75, 3.05) is 20.8 Å². The number of ether oxygens (including phenoxy) is 4. The molecular formula is C17H16BrFO5. The first-order valence-corrected chi connectivity index (χ1v) is 7.77. The van der Waals surface area contributed by atoms with Crippen LogP contribution in [-0.2, 0) is 16.1 Å². The molecule has 0 aliphatic heterocycles. The van der Waals surface area contributed by atoms with Crippen molar-refractivity contribution in [2.45, 2.75) is 6.61 Å². The lowest BCUT2D eigenvalue weighted by molar-refractivity contribution is -0.147. The second-order valence-corrected chi connectivity index (χ2v) is 5.57. The number of halogens is 2. The van der Waals surface area contributed by atoms with E-state index in [0.717, 1.165) is 5.56 Å². The zero-order valence-electron chi connectivity index (χ0n) is 13.2. The average Bonchev–Trinajstić information content (AvgIpc) is 2.58. The molecule has 0 aliphatic rings. The molecule has 7 heteroatoms. The van der Waals surface area contributed by atoms with Gasteiger partial charge in [0.05, 0.1) is 18.7 Å². The van der Waals surface area contributed by atoms with E-state index in [4.69, 9.17) is 18.9 Å². The first kappa shape index (κ1) is 18.1. The van der Waals surface area contributed by atoms with Crippen LogP contribution in [-0.4, -0.2) is 26.8 Å². The standard InChI is InChI=1S/C17H16BrFO5/c1-21-15-5-3-11(7-16(15)22-2)9-24-17(20)10-23-14-6-4-12(19)8-13(14)18/h3-8H,9-10H2,1-2H3. The van der Waals surface area contributed by atoms with Gasteiger partial charge in [0.2, 0.25) is 0 Å². The Bertz CT molecular complexity index is 720. The summed E-state index contributed by atoms with van der Waals surface area (Å²) in [5.74, 6) is 0.570. The Labute approximate surface area is 147 Å². The summed E-state index contributed by atoms with van der Waals surface area (Å²) in [5, 5.41) is 0. The molecule has 0 N–H and O–H groups in total. The monoisotopic (exact) mass is 398 g/mol. The second kappa shape index (κ2) is 8.54. The van der Waals surface area contributed by atoms with Gasteiger partial charge in [-0.3, -0.25) is 0 Å². The van der Waals surface area contributed by atoms with Gasteiger partial charge in [-0.2, -0.15) is 0 Å². The van der Waals surface area contributed by atoms with Crippen molar-refractivity contribution in [3.05, 3.63) is 52.3 Å². The Kier molecular flexibility index (Phi) is 6.43. The summed E-state index contributed by atoms with van der Waals surface area (Å²) in [6.45, 7) is -0.204. The van der Waals surface area contributed by atoms with Crippen LogP contribution in [0.3, 0.4) is 0 Å².